The smallest absolute Gasteiger partial charge is 0.244 e. The summed E-state index contributed by atoms with van der Waals surface area (Å²) >= 11 is 0. The normalized spacial score (nSPS) is 12.9. The van der Waals surface area contributed by atoms with Gasteiger partial charge in [-0.3, -0.25) is 13.9 Å². The van der Waals surface area contributed by atoms with E-state index in [1.54, 1.807) is 12.1 Å². The Labute approximate surface area is 242 Å². The molecule has 1 N–H and O–H groups in total. The number of rotatable bonds is 12. The van der Waals surface area contributed by atoms with Crippen molar-refractivity contribution in [2.45, 2.75) is 45.3 Å². The molecular weight excluding hydrogens is 534 g/mol. The molecule has 41 heavy (non-hydrogen) atoms. The van der Waals surface area contributed by atoms with E-state index in [1.165, 1.54) is 4.90 Å². The van der Waals surface area contributed by atoms with E-state index in [-0.39, 0.29) is 24.9 Å². The number of hydrogen-bond acceptors (Lipinski definition) is 4. The van der Waals surface area contributed by atoms with Gasteiger partial charge in [0, 0.05) is 24.4 Å². The van der Waals surface area contributed by atoms with Crippen LogP contribution >= 0.6 is 0 Å². The third-order valence-corrected chi connectivity index (χ3v) is 8.31. The average molecular weight is 572 g/mol. The third kappa shape index (κ3) is 7.73. The molecule has 0 aliphatic carbocycles. The summed E-state index contributed by atoms with van der Waals surface area (Å²) in [5, 5.41) is 4.63. The zero-order chi connectivity index (χ0) is 29.4. The second kappa shape index (κ2) is 13.5. The first-order chi connectivity index (χ1) is 19.7. The van der Waals surface area contributed by atoms with Crippen LogP contribution in [0.25, 0.3) is 10.8 Å². The lowest BCUT2D eigenvalue weighted by molar-refractivity contribution is -0.140. The van der Waals surface area contributed by atoms with E-state index in [1.807, 2.05) is 105 Å². The molecule has 0 saturated heterocycles. The molecule has 4 rings (SSSR count). The maximum Gasteiger partial charge on any atom is 0.244 e. The first-order valence-electron chi connectivity index (χ1n) is 13.8. The van der Waals surface area contributed by atoms with Gasteiger partial charge in [-0.1, -0.05) is 104 Å². The minimum Gasteiger partial charge on any atom is -0.352 e. The topological polar surface area (TPSA) is 86.8 Å². The van der Waals surface area contributed by atoms with Crippen LogP contribution in [0.1, 0.15) is 31.4 Å². The predicted molar refractivity (Wildman–Crippen MR) is 165 cm³/mol. The number of sulfonamides is 1. The van der Waals surface area contributed by atoms with Crippen LogP contribution < -0.4 is 9.62 Å². The predicted octanol–water partition coefficient (Wildman–Crippen LogP) is 5.16. The minimum atomic E-state index is -3.85. The molecule has 0 unspecified atom stereocenters. The van der Waals surface area contributed by atoms with Crippen molar-refractivity contribution in [1.82, 2.24) is 10.2 Å². The molecule has 0 aliphatic rings. The van der Waals surface area contributed by atoms with Crippen molar-refractivity contribution >= 4 is 38.3 Å². The second-order valence-corrected chi connectivity index (χ2v) is 12.2. The summed E-state index contributed by atoms with van der Waals surface area (Å²) in [4.78, 5) is 29.5. The molecule has 0 aliphatic heterocycles. The van der Waals surface area contributed by atoms with Gasteiger partial charge < -0.3 is 10.2 Å². The molecular formula is C33H37N3O4S. The molecule has 7 nitrogen and oxygen atoms in total. The van der Waals surface area contributed by atoms with Crippen molar-refractivity contribution in [3.05, 3.63) is 114 Å². The van der Waals surface area contributed by atoms with E-state index < -0.39 is 28.5 Å². The van der Waals surface area contributed by atoms with E-state index >= 15 is 0 Å². The van der Waals surface area contributed by atoms with E-state index in [9.17, 15) is 18.0 Å². The molecule has 0 fully saturated rings. The van der Waals surface area contributed by atoms with Crippen LogP contribution in [-0.2, 0) is 32.6 Å². The van der Waals surface area contributed by atoms with Crippen LogP contribution in [-0.4, -0.2) is 50.0 Å². The van der Waals surface area contributed by atoms with Crippen LogP contribution in [0.2, 0.25) is 0 Å². The van der Waals surface area contributed by atoms with Gasteiger partial charge in [-0.25, -0.2) is 8.42 Å². The zero-order valence-corrected chi connectivity index (χ0v) is 24.6. The number of benzene rings is 4. The Morgan fingerprint density at radius 1 is 0.805 bits per heavy atom. The van der Waals surface area contributed by atoms with Gasteiger partial charge >= 0.3 is 0 Å². The van der Waals surface area contributed by atoms with Crippen LogP contribution in [0.3, 0.4) is 0 Å². The molecule has 0 aromatic heterocycles. The van der Waals surface area contributed by atoms with Gasteiger partial charge in [0.25, 0.3) is 0 Å². The Balaban J connectivity index is 1.77. The summed E-state index contributed by atoms with van der Waals surface area (Å²) in [5.74, 6) is -0.740. The van der Waals surface area contributed by atoms with Crippen molar-refractivity contribution in [3.63, 3.8) is 0 Å². The van der Waals surface area contributed by atoms with Gasteiger partial charge in [0.05, 0.1) is 11.9 Å². The van der Waals surface area contributed by atoms with Crippen LogP contribution in [0.5, 0.6) is 0 Å². The molecule has 8 heteroatoms. The van der Waals surface area contributed by atoms with E-state index in [0.717, 1.165) is 38.9 Å². The fourth-order valence-corrected chi connectivity index (χ4v) is 5.66. The quantitative estimate of drug-likeness (QED) is 0.255. The lowest BCUT2D eigenvalue weighted by atomic mass is 10.0. The van der Waals surface area contributed by atoms with Gasteiger partial charge in [-0.15, -0.1) is 0 Å². The summed E-state index contributed by atoms with van der Waals surface area (Å²) in [6, 6.07) is 30.9. The fourth-order valence-electron chi connectivity index (χ4n) is 4.80. The number of amides is 2. The Hall–Kier alpha value is -4.17. The maximum atomic E-state index is 14.2. The SMILES string of the molecule is CC[C@@H](C)NC(=O)[C@@H](Cc1ccccc1)N(Cc1ccccc1)C(=O)CN(c1cccc2ccccc12)S(C)(=O)=O. The highest BCUT2D eigenvalue weighted by molar-refractivity contribution is 7.92. The molecule has 0 spiro atoms. The number of carbonyl (C=O) groups is 2. The van der Waals surface area contributed by atoms with Crippen molar-refractivity contribution in [3.8, 4) is 0 Å². The van der Waals surface area contributed by atoms with Crippen LogP contribution in [0.4, 0.5) is 5.69 Å². The highest BCUT2D eigenvalue weighted by Crippen LogP contribution is 2.29. The van der Waals surface area contributed by atoms with Gasteiger partial charge in [-0.05, 0) is 35.9 Å². The summed E-state index contributed by atoms with van der Waals surface area (Å²) in [6.07, 6.45) is 2.12. The number of nitrogens with zero attached hydrogens (tertiary/aromatic N) is 2. The molecule has 4 aromatic rings. The van der Waals surface area contributed by atoms with Gasteiger partial charge in [-0.2, -0.15) is 0 Å². The maximum absolute atomic E-state index is 14.2. The highest BCUT2D eigenvalue weighted by atomic mass is 32.2. The zero-order valence-electron chi connectivity index (χ0n) is 23.7. The van der Waals surface area contributed by atoms with Gasteiger partial charge in [0.2, 0.25) is 21.8 Å². The lowest BCUT2D eigenvalue weighted by Gasteiger charge is -2.34. The first kappa shape index (κ1) is 29.8. The Morgan fingerprint density at radius 3 is 2.02 bits per heavy atom. The Kier molecular flexibility index (Phi) is 9.78. The van der Waals surface area contributed by atoms with Crippen LogP contribution in [0.15, 0.2) is 103 Å². The molecule has 0 heterocycles. The van der Waals surface area contributed by atoms with E-state index in [2.05, 4.69) is 5.32 Å². The van der Waals surface area contributed by atoms with Gasteiger partial charge in [0.1, 0.15) is 12.6 Å². The number of fused-ring (bicyclic) bond motifs is 1. The fraction of sp³-hybridized carbons (Fsp3) is 0.273. The average Bonchev–Trinajstić information content (AvgIpc) is 2.97. The van der Waals surface area contributed by atoms with Crippen LogP contribution in [0, 0.1) is 0 Å². The lowest BCUT2D eigenvalue weighted by Crippen LogP contribution is -2.54. The molecule has 0 saturated carbocycles. The van der Waals surface area contributed by atoms with Crippen molar-refractivity contribution < 1.29 is 18.0 Å². The monoisotopic (exact) mass is 571 g/mol. The standard InChI is InChI=1S/C33H37N3O4S/c1-4-25(2)34-33(38)31(22-26-14-7-5-8-15-26)35(23-27-16-9-6-10-17-27)32(37)24-36(41(3,39)40)30-21-13-19-28-18-11-12-20-29(28)30/h5-21,25,31H,4,22-24H2,1-3H3,(H,34,38)/t25-,31-/m1/s1. The van der Waals surface area contributed by atoms with Crippen molar-refractivity contribution in [1.29, 1.82) is 0 Å². The first-order valence-corrected chi connectivity index (χ1v) is 15.7. The van der Waals surface area contributed by atoms with Crippen molar-refractivity contribution in [2.24, 2.45) is 0 Å². The Morgan fingerprint density at radius 2 is 1.39 bits per heavy atom. The third-order valence-electron chi connectivity index (χ3n) is 7.18. The highest BCUT2D eigenvalue weighted by Gasteiger charge is 2.33. The molecule has 214 valence electrons. The number of carbonyl (C=O) groups excluding carboxylic acids is 2. The molecule has 0 radical (unpaired) electrons. The minimum absolute atomic E-state index is 0.0855. The Bertz CT molecular complexity index is 1570. The molecule has 4 aromatic carbocycles. The summed E-state index contributed by atoms with van der Waals surface area (Å²) < 4.78 is 27.4. The van der Waals surface area contributed by atoms with E-state index in [0.29, 0.717) is 5.69 Å². The number of hydrogen-bond donors (Lipinski definition) is 1. The summed E-state index contributed by atoms with van der Waals surface area (Å²) in [5.41, 5.74) is 2.16. The summed E-state index contributed by atoms with van der Waals surface area (Å²) in [7, 11) is -3.85. The molecule has 0 bridgehead atoms. The molecule has 2 amide bonds. The summed E-state index contributed by atoms with van der Waals surface area (Å²) in [6.45, 7) is 3.62. The number of anilines is 1. The van der Waals surface area contributed by atoms with Gasteiger partial charge in [0.15, 0.2) is 0 Å². The van der Waals surface area contributed by atoms with E-state index in [4.69, 9.17) is 0 Å². The number of nitrogens with one attached hydrogen (secondary N) is 1. The van der Waals surface area contributed by atoms with Crippen molar-refractivity contribution in [2.75, 3.05) is 17.1 Å². The largest absolute Gasteiger partial charge is 0.352 e. The molecule has 2 atom stereocenters. The second-order valence-electron chi connectivity index (χ2n) is 10.3.